The maximum Gasteiger partial charge on any atom is 0.223 e. The summed E-state index contributed by atoms with van der Waals surface area (Å²) in [7, 11) is 1.93. The molecule has 1 aromatic rings. The molecule has 1 amide bonds. The molecule has 22 heavy (non-hydrogen) atoms. The van der Waals surface area contributed by atoms with Crippen LogP contribution in [0.15, 0.2) is 24.3 Å². The minimum Gasteiger partial charge on any atom is -0.335 e. The molecule has 0 atom stereocenters. The van der Waals surface area contributed by atoms with Crippen molar-refractivity contribution in [3.05, 3.63) is 35.4 Å². The Morgan fingerprint density at radius 3 is 2.41 bits per heavy atom. The predicted octanol–water partition coefficient (Wildman–Crippen LogP) is 3.72. The summed E-state index contributed by atoms with van der Waals surface area (Å²) in [5.74, 6) is 0.863. The maximum absolute atomic E-state index is 12.4. The Balaban J connectivity index is 0.00000242. The lowest BCUT2D eigenvalue weighted by atomic mass is 10.0. The summed E-state index contributed by atoms with van der Waals surface area (Å²) in [5, 5.41) is 3.10. The van der Waals surface area contributed by atoms with Gasteiger partial charge in [-0.15, -0.1) is 12.4 Å². The molecule has 1 fully saturated rings. The number of nitrogens with zero attached hydrogens (tertiary/aromatic N) is 1. The van der Waals surface area contributed by atoms with Gasteiger partial charge in [-0.1, -0.05) is 38.1 Å². The van der Waals surface area contributed by atoms with Crippen LogP contribution >= 0.6 is 12.4 Å². The third kappa shape index (κ3) is 5.62. The summed E-state index contributed by atoms with van der Waals surface area (Å²) in [5.41, 5.74) is 2.60. The molecule has 1 aliphatic rings. The van der Waals surface area contributed by atoms with Crippen LogP contribution in [0.4, 0.5) is 0 Å². The van der Waals surface area contributed by atoms with Gasteiger partial charge in [0.2, 0.25) is 5.91 Å². The Morgan fingerprint density at radius 1 is 1.27 bits per heavy atom. The molecule has 0 radical (unpaired) electrons. The Kier molecular flexibility index (Phi) is 7.91. The Labute approximate surface area is 140 Å². The summed E-state index contributed by atoms with van der Waals surface area (Å²) < 4.78 is 0. The molecule has 0 aromatic heterocycles. The second-order valence-electron chi connectivity index (χ2n) is 6.36. The van der Waals surface area contributed by atoms with E-state index in [1.54, 1.807) is 0 Å². The van der Waals surface area contributed by atoms with Crippen LogP contribution in [-0.4, -0.2) is 30.4 Å². The van der Waals surface area contributed by atoms with Crippen LogP contribution in [0, 0.1) is 0 Å². The van der Waals surface area contributed by atoms with Crippen molar-refractivity contribution in [1.82, 2.24) is 10.2 Å². The molecule has 1 N–H and O–H groups in total. The minimum atomic E-state index is 0. The van der Waals surface area contributed by atoms with Gasteiger partial charge in [0.15, 0.2) is 0 Å². The Bertz CT molecular complexity index is 455. The molecular formula is C18H29ClN2O. The van der Waals surface area contributed by atoms with E-state index in [9.17, 15) is 4.79 Å². The molecular weight excluding hydrogens is 296 g/mol. The molecule has 0 spiro atoms. The fraction of sp³-hybridized carbons (Fsp3) is 0.611. The van der Waals surface area contributed by atoms with Crippen LogP contribution in [0.1, 0.15) is 56.6 Å². The molecule has 1 aliphatic carbocycles. The van der Waals surface area contributed by atoms with Crippen molar-refractivity contribution >= 4 is 18.3 Å². The molecule has 0 heterocycles. The van der Waals surface area contributed by atoms with Crippen LogP contribution in [0.5, 0.6) is 0 Å². The highest BCUT2D eigenvalue weighted by molar-refractivity contribution is 5.85. The number of carbonyl (C=O) groups excluding carboxylic acids is 1. The van der Waals surface area contributed by atoms with Crippen molar-refractivity contribution in [1.29, 1.82) is 0 Å². The summed E-state index contributed by atoms with van der Waals surface area (Å²) in [6, 6.07) is 9.21. The van der Waals surface area contributed by atoms with Crippen molar-refractivity contribution in [2.45, 2.75) is 58.0 Å². The van der Waals surface area contributed by atoms with E-state index in [-0.39, 0.29) is 12.4 Å². The summed E-state index contributed by atoms with van der Waals surface area (Å²) in [4.78, 5) is 14.5. The molecule has 0 unspecified atom stereocenters. The number of carbonyl (C=O) groups is 1. The average Bonchev–Trinajstić information content (AvgIpc) is 3.30. The molecule has 4 heteroatoms. The first-order valence-corrected chi connectivity index (χ1v) is 8.14. The maximum atomic E-state index is 12.4. The van der Waals surface area contributed by atoms with Gasteiger partial charge < -0.3 is 10.2 Å². The molecule has 0 aliphatic heterocycles. The number of amides is 1. The van der Waals surface area contributed by atoms with E-state index < -0.39 is 0 Å². The number of rotatable bonds is 8. The van der Waals surface area contributed by atoms with Gasteiger partial charge in [-0.05, 0) is 49.9 Å². The van der Waals surface area contributed by atoms with E-state index >= 15 is 0 Å². The summed E-state index contributed by atoms with van der Waals surface area (Å²) in [6.07, 6.45) is 3.91. The van der Waals surface area contributed by atoms with Crippen LogP contribution in [0.25, 0.3) is 0 Å². The quantitative estimate of drug-likeness (QED) is 0.739. The van der Waals surface area contributed by atoms with Crippen LogP contribution in [-0.2, 0) is 11.3 Å². The molecule has 2 rings (SSSR count). The first kappa shape index (κ1) is 19.0. The zero-order valence-corrected chi connectivity index (χ0v) is 14.8. The second kappa shape index (κ2) is 9.16. The SMILES string of the molecule is CNCCCC(=O)N(Cc1ccc(C(C)C)cc1)C1CC1.Cl. The highest BCUT2D eigenvalue weighted by Crippen LogP contribution is 2.29. The third-order valence-corrected chi connectivity index (χ3v) is 4.12. The molecule has 0 bridgehead atoms. The zero-order valence-electron chi connectivity index (χ0n) is 14.0. The molecule has 1 saturated carbocycles. The second-order valence-corrected chi connectivity index (χ2v) is 6.36. The number of hydrogen-bond donors (Lipinski definition) is 1. The fourth-order valence-corrected chi connectivity index (χ4v) is 2.57. The summed E-state index contributed by atoms with van der Waals surface area (Å²) in [6.45, 7) is 6.09. The lowest BCUT2D eigenvalue weighted by Crippen LogP contribution is -2.32. The lowest BCUT2D eigenvalue weighted by Gasteiger charge is -2.23. The standard InChI is InChI=1S/C18H28N2O.ClH/c1-14(2)16-8-6-15(7-9-16)13-20(17-10-11-17)18(21)5-4-12-19-3;/h6-9,14,17,19H,4-5,10-13H2,1-3H3;1H. The third-order valence-electron chi connectivity index (χ3n) is 4.12. The van der Waals surface area contributed by atoms with E-state index in [4.69, 9.17) is 0 Å². The van der Waals surface area contributed by atoms with Crippen LogP contribution in [0.3, 0.4) is 0 Å². The van der Waals surface area contributed by atoms with E-state index in [2.05, 4.69) is 48.3 Å². The van der Waals surface area contributed by atoms with E-state index in [1.165, 1.54) is 24.0 Å². The Morgan fingerprint density at radius 2 is 1.91 bits per heavy atom. The molecule has 0 saturated heterocycles. The molecule has 3 nitrogen and oxygen atoms in total. The number of benzene rings is 1. The van der Waals surface area contributed by atoms with Gasteiger partial charge >= 0.3 is 0 Å². The van der Waals surface area contributed by atoms with E-state index in [0.717, 1.165) is 19.5 Å². The molecule has 1 aromatic carbocycles. The molecule has 124 valence electrons. The number of halogens is 1. The van der Waals surface area contributed by atoms with Crippen molar-refractivity contribution in [3.8, 4) is 0 Å². The lowest BCUT2D eigenvalue weighted by molar-refractivity contribution is -0.132. The van der Waals surface area contributed by atoms with Gasteiger partial charge in [0.05, 0.1) is 0 Å². The first-order valence-electron chi connectivity index (χ1n) is 8.14. The van der Waals surface area contributed by atoms with E-state index in [1.807, 2.05) is 7.05 Å². The van der Waals surface area contributed by atoms with Crippen molar-refractivity contribution in [2.75, 3.05) is 13.6 Å². The van der Waals surface area contributed by atoms with Crippen molar-refractivity contribution in [2.24, 2.45) is 0 Å². The van der Waals surface area contributed by atoms with E-state index in [0.29, 0.717) is 24.3 Å². The van der Waals surface area contributed by atoms with Crippen LogP contribution < -0.4 is 5.32 Å². The smallest absolute Gasteiger partial charge is 0.223 e. The highest BCUT2D eigenvalue weighted by Gasteiger charge is 2.32. The normalized spacial score (nSPS) is 13.8. The average molecular weight is 325 g/mol. The summed E-state index contributed by atoms with van der Waals surface area (Å²) >= 11 is 0. The van der Waals surface area contributed by atoms with Crippen LogP contribution in [0.2, 0.25) is 0 Å². The zero-order chi connectivity index (χ0) is 15.2. The largest absolute Gasteiger partial charge is 0.335 e. The number of nitrogens with one attached hydrogen (secondary N) is 1. The van der Waals surface area contributed by atoms with Crippen molar-refractivity contribution in [3.63, 3.8) is 0 Å². The fourth-order valence-electron chi connectivity index (χ4n) is 2.57. The van der Waals surface area contributed by atoms with Gasteiger partial charge in [0.25, 0.3) is 0 Å². The van der Waals surface area contributed by atoms with Gasteiger partial charge in [0, 0.05) is 19.0 Å². The monoisotopic (exact) mass is 324 g/mol. The highest BCUT2D eigenvalue weighted by atomic mass is 35.5. The minimum absolute atomic E-state index is 0. The van der Waals surface area contributed by atoms with Gasteiger partial charge in [-0.2, -0.15) is 0 Å². The number of hydrogen-bond acceptors (Lipinski definition) is 2. The van der Waals surface area contributed by atoms with Crippen molar-refractivity contribution < 1.29 is 4.79 Å². The Hall–Kier alpha value is -1.06. The van der Waals surface area contributed by atoms with Gasteiger partial charge in [0.1, 0.15) is 0 Å². The first-order chi connectivity index (χ1) is 10.1. The topological polar surface area (TPSA) is 32.3 Å². The predicted molar refractivity (Wildman–Crippen MR) is 94.5 cm³/mol. The van der Waals surface area contributed by atoms with Gasteiger partial charge in [-0.25, -0.2) is 0 Å². The van der Waals surface area contributed by atoms with Gasteiger partial charge in [-0.3, -0.25) is 4.79 Å².